The van der Waals surface area contributed by atoms with Gasteiger partial charge in [-0.2, -0.15) is 4.98 Å². The third kappa shape index (κ3) is 4.92. The van der Waals surface area contributed by atoms with E-state index in [-0.39, 0.29) is 11.0 Å². The van der Waals surface area contributed by atoms with Gasteiger partial charge in [-0.1, -0.05) is 41.9 Å². The maximum atomic E-state index is 13.1. The number of benzene rings is 2. The predicted octanol–water partition coefficient (Wildman–Crippen LogP) is 5.46. The van der Waals surface area contributed by atoms with Crippen molar-refractivity contribution >= 4 is 45.7 Å². The van der Waals surface area contributed by atoms with Crippen LogP contribution in [-0.4, -0.2) is 31.3 Å². The summed E-state index contributed by atoms with van der Waals surface area (Å²) in [6.07, 6.45) is 2.42. The van der Waals surface area contributed by atoms with Crippen molar-refractivity contribution in [3.63, 3.8) is 0 Å². The van der Waals surface area contributed by atoms with Gasteiger partial charge in [0.1, 0.15) is 5.02 Å². The molecule has 5 rings (SSSR count). The zero-order valence-electron chi connectivity index (χ0n) is 19.4. The highest BCUT2D eigenvalue weighted by atomic mass is 35.5. The van der Waals surface area contributed by atoms with Crippen LogP contribution in [0.2, 0.25) is 10.3 Å². The summed E-state index contributed by atoms with van der Waals surface area (Å²) in [6, 6.07) is 15.6. The molecule has 3 heterocycles. The van der Waals surface area contributed by atoms with Crippen molar-refractivity contribution in [3.05, 3.63) is 81.1 Å². The number of fused-ring (bicyclic) bond motifs is 1. The fourth-order valence-electron chi connectivity index (χ4n) is 4.31. The van der Waals surface area contributed by atoms with Crippen LogP contribution >= 0.6 is 23.2 Å². The lowest BCUT2D eigenvalue weighted by molar-refractivity contribution is -0.258. The van der Waals surface area contributed by atoms with Crippen molar-refractivity contribution in [2.24, 2.45) is 7.05 Å². The van der Waals surface area contributed by atoms with Gasteiger partial charge in [-0.3, -0.25) is 9.13 Å². The second-order valence-corrected chi connectivity index (χ2v) is 9.58. The maximum absolute atomic E-state index is 13.1. The Hall–Kier alpha value is -2.91. The van der Waals surface area contributed by atoms with Crippen LogP contribution < -0.4 is 11.0 Å². The van der Waals surface area contributed by atoms with Crippen molar-refractivity contribution < 1.29 is 9.47 Å². The van der Waals surface area contributed by atoms with Crippen LogP contribution in [0.5, 0.6) is 0 Å². The lowest BCUT2D eigenvalue weighted by Crippen LogP contribution is -2.39. The number of aromatic nitrogens is 4. The fraction of sp³-hybridized carbons (Fsp3) is 0.320. The zero-order chi connectivity index (χ0) is 24.6. The molecule has 1 aliphatic heterocycles. The van der Waals surface area contributed by atoms with Crippen LogP contribution in [0.4, 0.5) is 11.5 Å². The highest BCUT2D eigenvalue weighted by Crippen LogP contribution is 2.35. The van der Waals surface area contributed by atoms with Crippen molar-refractivity contribution in [2.45, 2.75) is 38.2 Å². The average Bonchev–Trinajstić information content (AvgIpc) is 3.09. The van der Waals surface area contributed by atoms with E-state index in [2.05, 4.69) is 22.2 Å². The van der Waals surface area contributed by atoms with E-state index in [0.717, 1.165) is 28.7 Å². The van der Waals surface area contributed by atoms with E-state index in [1.54, 1.807) is 16.2 Å². The van der Waals surface area contributed by atoms with Crippen LogP contribution in [0.3, 0.4) is 0 Å². The second-order valence-electron chi connectivity index (χ2n) is 8.84. The summed E-state index contributed by atoms with van der Waals surface area (Å²) < 4.78 is 15.7. The zero-order valence-corrected chi connectivity index (χ0v) is 20.9. The Morgan fingerprint density at radius 3 is 2.77 bits per heavy atom. The van der Waals surface area contributed by atoms with Gasteiger partial charge in [-0.15, -0.1) is 0 Å². The highest BCUT2D eigenvalue weighted by Gasteiger charge is 2.34. The molecule has 0 aliphatic carbocycles. The molecule has 1 N–H and O–H groups in total. The number of aryl methyl sites for hydroxylation is 2. The largest absolute Gasteiger partial charge is 0.348 e. The standard InChI is InChI=1S/C25H25Cl2N5O3/c1-25(11-13-34-22(35-25)16-6-4-3-5-7-16)10-12-32-20-14-17(8-9-19(20)31(2)24(32)33)29-21-18(26)15-28-23(27)30-21/h3-9,14-15,22H,10-13H2,1-2H3,(H,28,29,30). The van der Waals surface area contributed by atoms with E-state index >= 15 is 0 Å². The molecular formula is C25H25Cl2N5O3. The topological polar surface area (TPSA) is 83.2 Å². The maximum Gasteiger partial charge on any atom is 0.328 e. The molecule has 0 spiro atoms. The van der Waals surface area contributed by atoms with Crippen molar-refractivity contribution in [3.8, 4) is 0 Å². The number of imidazole rings is 1. The van der Waals surface area contributed by atoms with E-state index < -0.39 is 11.9 Å². The van der Waals surface area contributed by atoms with E-state index in [9.17, 15) is 4.79 Å². The molecule has 4 aromatic rings. The summed E-state index contributed by atoms with van der Waals surface area (Å²) in [5.74, 6) is 0.394. The molecule has 2 unspecified atom stereocenters. The van der Waals surface area contributed by atoms with Gasteiger partial charge in [0.05, 0.1) is 29.4 Å². The number of ether oxygens (including phenoxy) is 2. The molecule has 2 aromatic heterocycles. The molecule has 35 heavy (non-hydrogen) atoms. The van der Waals surface area contributed by atoms with Gasteiger partial charge in [0.25, 0.3) is 0 Å². The van der Waals surface area contributed by atoms with Gasteiger partial charge >= 0.3 is 5.69 Å². The van der Waals surface area contributed by atoms with Crippen LogP contribution in [0.1, 0.15) is 31.6 Å². The second kappa shape index (κ2) is 9.62. The van der Waals surface area contributed by atoms with Crippen LogP contribution in [0.25, 0.3) is 11.0 Å². The summed E-state index contributed by atoms with van der Waals surface area (Å²) in [6.45, 7) is 3.17. The molecule has 8 nitrogen and oxygen atoms in total. The SMILES string of the molecule is Cn1c(=O)n(CCC2(C)CCOC(c3ccccc3)O2)c2cc(Nc3nc(Cl)ncc3Cl)ccc21. The summed E-state index contributed by atoms with van der Waals surface area (Å²) >= 11 is 12.1. The molecule has 2 aromatic carbocycles. The number of rotatable bonds is 6. The Balaban J connectivity index is 1.39. The Morgan fingerprint density at radius 1 is 1.17 bits per heavy atom. The van der Waals surface area contributed by atoms with Crippen molar-refractivity contribution in [1.29, 1.82) is 0 Å². The van der Waals surface area contributed by atoms with Crippen LogP contribution in [-0.2, 0) is 23.1 Å². The quantitative estimate of drug-likeness (QED) is 0.344. The first-order chi connectivity index (χ1) is 16.8. The van der Waals surface area contributed by atoms with Crippen molar-refractivity contribution in [1.82, 2.24) is 19.1 Å². The van der Waals surface area contributed by atoms with Gasteiger partial charge in [-0.25, -0.2) is 9.78 Å². The first-order valence-corrected chi connectivity index (χ1v) is 12.1. The Labute approximate surface area is 212 Å². The molecule has 1 saturated heterocycles. The molecule has 0 bridgehead atoms. The molecule has 10 heteroatoms. The van der Waals surface area contributed by atoms with Gasteiger partial charge in [0.15, 0.2) is 12.1 Å². The number of hydrogen-bond acceptors (Lipinski definition) is 6. The van der Waals surface area contributed by atoms with E-state index in [4.69, 9.17) is 32.7 Å². The summed E-state index contributed by atoms with van der Waals surface area (Å²) in [7, 11) is 1.77. The first-order valence-electron chi connectivity index (χ1n) is 11.3. The first kappa shape index (κ1) is 23.8. The number of nitrogens with zero attached hydrogens (tertiary/aromatic N) is 4. The summed E-state index contributed by atoms with van der Waals surface area (Å²) in [4.78, 5) is 21.1. The third-order valence-electron chi connectivity index (χ3n) is 6.35. The minimum Gasteiger partial charge on any atom is -0.348 e. The third-order valence-corrected chi connectivity index (χ3v) is 6.81. The summed E-state index contributed by atoms with van der Waals surface area (Å²) in [5, 5.41) is 3.60. The molecule has 1 fully saturated rings. The minimum atomic E-state index is -0.429. The van der Waals surface area contributed by atoms with E-state index in [1.807, 2.05) is 48.5 Å². The van der Waals surface area contributed by atoms with Gasteiger partial charge in [-0.05, 0) is 49.6 Å². The highest BCUT2D eigenvalue weighted by molar-refractivity contribution is 6.33. The molecule has 0 amide bonds. The lowest BCUT2D eigenvalue weighted by atomic mass is 9.96. The molecule has 0 saturated carbocycles. The van der Waals surface area contributed by atoms with Crippen LogP contribution in [0, 0.1) is 0 Å². The minimum absolute atomic E-state index is 0.0875. The monoisotopic (exact) mass is 513 g/mol. The normalized spacial score (nSPS) is 20.3. The van der Waals surface area contributed by atoms with Crippen molar-refractivity contribution in [2.75, 3.05) is 11.9 Å². The lowest BCUT2D eigenvalue weighted by Gasteiger charge is -2.39. The fourth-order valence-corrected chi connectivity index (χ4v) is 4.59. The Morgan fingerprint density at radius 2 is 1.97 bits per heavy atom. The summed E-state index contributed by atoms with van der Waals surface area (Å²) in [5.41, 5.74) is 2.82. The number of hydrogen-bond donors (Lipinski definition) is 1. The number of nitrogens with one attached hydrogen (secondary N) is 1. The Kier molecular flexibility index (Phi) is 6.55. The smallest absolute Gasteiger partial charge is 0.328 e. The predicted molar refractivity (Wildman–Crippen MR) is 136 cm³/mol. The van der Waals surface area contributed by atoms with E-state index in [1.165, 1.54) is 6.20 Å². The molecule has 1 aliphatic rings. The molecule has 182 valence electrons. The molecule has 0 radical (unpaired) electrons. The average molecular weight is 514 g/mol. The molecular weight excluding hydrogens is 489 g/mol. The van der Waals surface area contributed by atoms with Gasteiger partial charge in [0, 0.05) is 24.8 Å². The van der Waals surface area contributed by atoms with Crippen LogP contribution in [0.15, 0.2) is 59.5 Å². The van der Waals surface area contributed by atoms with E-state index in [0.29, 0.717) is 30.4 Å². The number of anilines is 2. The van der Waals surface area contributed by atoms with Gasteiger partial charge in [0.2, 0.25) is 5.28 Å². The number of halogens is 2. The Bertz CT molecular complexity index is 1420. The van der Waals surface area contributed by atoms with Gasteiger partial charge < -0.3 is 14.8 Å². The molecule has 2 atom stereocenters.